The molecular weight excluding hydrogens is 270 g/mol. The summed E-state index contributed by atoms with van der Waals surface area (Å²) in [5.41, 5.74) is 1.06. The summed E-state index contributed by atoms with van der Waals surface area (Å²) in [4.78, 5) is 0.920. The van der Waals surface area contributed by atoms with Gasteiger partial charge in [0, 0.05) is 4.88 Å². The molecule has 0 amide bonds. The molecule has 18 heavy (non-hydrogen) atoms. The van der Waals surface area contributed by atoms with Gasteiger partial charge in [-0.1, -0.05) is 6.07 Å². The quantitative estimate of drug-likeness (QED) is 0.851. The Bertz CT molecular complexity index is 674. The van der Waals surface area contributed by atoms with Gasteiger partial charge in [-0.3, -0.25) is 4.72 Å². The van der Waals surface area contributed by atoms with Gasteiger partial charge in [0.15, 0.2) is 0 Å². The van der Waals surface area contributed by atoms with Crippen LogP contribution in [0.2, 0.25) is 0 Å². The second kappa shape index (κ2) is 4.62. The largest absolute Gasteiger partial charge is 0.506 e. The molecule has 0 saturated carbocycles. The number of hydrogen-bond acceptors (Lipinski definition) is 4. The molecule has 6 heteroatoms. The van der Waals surface area contributed by atoms with E-state index in [1.54, 1.807) is 24.3 Å². The number of sulfonamides is 1. The average molecular weight is 283 g/mol. The first-order chi connectivity index (χ1) is 8.38. The van der Waals surface area contributed by atoms with Gasteiger partial charge >= 0.3 is 0 Å². The second-order valence-corrected chi connectivity index (χ2v) is 7.19. The zero-order chi connectivity index (χ0) is 13.3. The van der Waals surface area contributed by atoms with E-state index in [1.807, 2.05) is 13.8 Å². The van der Waals surface area contributed by atoms with E-state index in [1.165, 1.54) is 17.4 Å². The molecule has 1 heterocycles. The molecule has 0 atom stereocenters. The summed E-state index contributed by atoms with van der Waals surface area (Å²) < 4.78 is 26.8. The predicted octanol–water partition coefficient (Wildman–Crippen LogP) is 2.87. The molecule has 4 nitrogen and oxygen atoms in total. The van der Waals surface area contributed by atoms with E-state index in [9.17, 15) is 13.5 Å². The lowest BCUT2D eigenvalue weighted by Crippen LogP contribution is -2.11. The Labute approximate surface area is 110 Å². The number of aromatic hydroxyl groups is 1. The van der Waals surface area contributed by atoms with Crippen molar-refractivity contribution in [1.82, 2.24) is 0 Å². The molecule has 2 aromatic rings. The van der Waals surface area contributed by atoms with Crippen molar-refractivity contribution in [3.63, 3.8) is 0 Å². The Morgan fingerprint density at radius 1 is 1.17 bits per heavy atom. The average Bonchev–Trinajstić information content (AvgIpc) is 2.71. The SMILES string of the molecule is Cc1ccc(O)c(NS(=O)(=O)c2ccc(C)s2)c1. The minimum atomic E-state index is -3.62. The van der Waals surface area contributed by atoms with Gasteiger partial charge in [-0.2, -0.15) is 0 Å². The van der Waals surface area contributed by atoms with Crippen molar-refractivity contribution in [3.8, 4) is 5.75 Å². The van der Waals surface area contributed by atoms with Crippen molar-refractivity contribution in [2.75, 3.05) is 4.72 Å². The lowest BCUT2D eigenvalue weighted by Gasteiger charge is -2.08. The van der Waals surface area contributed by atoms with E-state index >= 15 is 0 Å². The van der Waals surface area contributed by atoms with Gasteiger partial charge in [0.05, 0.1) is 5.69 Å². The molecule has 0 fully saturated rings. The van der Waals surface area contributed by atoms with Gasteiger partial charge in [-0.25, -0.2) is 8.42 Å². The van der Waals surface area contributed by atoms with E-state index in [-0.39, 0.29) is 15.6 Å². The smallest absolute Gasteiger partial charge is 0.271 e. The molecule has 0 aliphatic carbocycles. The Kier molecular flexibility index (Phi) is 3.32. The second-order valence-electron chi connectivity index (χ2n) is 3.99. The number of thiophene rings is 1. The van der Waals surface area contributed by atoms with Crippen LogP contribution in [0.5, 0.6) is 5.75 Å². The standard InChI is InChI=1S/C12H13NO3S2/c1-8-3-5-11(14)10(7-8)13-18(15,16)12-6-4-9(2)17-12/h3-7,13-14H,1-2H3. The van der Waals surface area contributed by atoms with Crippen molar-refractivity contribution in [3.05, 3.63) is 40.8 Å². The highest BCUT2D eigenvalue weighted by molar-refractivity contribution is 7.94. The summed E-state index contributed by atoms with van der Waals surface area (Å²) in [6, 6.07) is 8.06. The molecule has 0 radical (unpaired) electrons. The van der Waals surface area contributed by atoms with Crippen molar-refractivity contribution < 1.29 is 13.5 Å². The van der Waals surface area contributed by atoms with Crippen molar-refractivity contribution in [2.24, 2.45) is 0 Å². The number of benzene rings is 1. The number of phenolic OH excluding ortho intramolecular Hbond substituents is 1. The Hall–Kier alpha value is -1.53. The van der Waals surface area contributed by atoms with Crippen LogP contribution in [0.4, 0.5) is 5.69 Å². The highest BCUT2D eigenvalue weighted by atomic mass is 32.2. The summed E-state index contributed by atoms with van der Waals surface area (Å²) in [5, 5.41) is 9.63. The van der Waals surface area contributed by atoms with E-state index < -0.39 is 10.0 Å². The van der Waals surface area contributed by atoms with Gasteiger partial charge in [0.25, 0.3) is 10.0 Å². The number of rotatable bonds is 3. The van der Waals surface area contributed by atoms with Crippen molar-refractivity contribution >= 4 is 27.0 Å². The molecule has 2 N–H and O–H groups in total. The first-order valence-corrected chi connectivity index (χ1v) is 7.57. The Balaban J connectivity index is 2.36. The maximum atomic E-state index is 12.1. The maximum Gasteiger partial charge on any atom is 0.271 e. The molecule has 0 unspecified atom stereocenters. The van der Waals surface area contributed by atoms with E-state index in [2.05, 4.69) is 4.72 Å². The highest BCUT2D eigenvalue weighted by Gasteiger charge is 2.17. The fourth-order valence-electron chi connectivity index (χ4n) is 1.48. The highest BCUT2D eigenvalue weighted by Crippen LogP contribution is 2.28. The van der Waals surface area contributed by atoms with E-state index in [4.69, 9.17) is 0 Å². The van der Waals surface area contributed by atoms with Crippen molar-refractivity contribution in [1.29, 1.82) is 0 Å². The van der Waals surface area contributed by atoms with Gasteiger partial charge in [0.1, 0.15) is 9.96 Å². The molecule has 2 rings (SSSR count). The van der Waals surface area contributed by atoms with E-state index in [0.717, 1.165) is 10.4 Å². The molecule has 0 aliphatic heterocycles. The number of nitrogens with one attached hydrogen (secondary N) is 1. The minimum Gasteiger partial charge on any atom is -0.506 e. The summed E-state index contributed by atoms with van der Waals surface area (Å²) >= 11 is 1.19. The van der Waals surface area contributed by atoms with Crippen LogP contribution in [0.25, 0.3) is 0 Å². The van der Waals surface area contributed by atoms with Crippen LogP contribution in [-0.4, -0.2) is 13.5 Å². The van der Waals surface area contributed by atoms with Crippen molar-refractivity contribution in [2.45, 2.75) is 18.1 Å². The van der Waals surface area contributed by atoms with Crippen LogP contribution in [0.3, 0.4) is 0 Å². The molecule has 0 aliphatic rings. The fraction of sp³-hybridized carbons (Fsp3) is 0.167. The van der Waals surface area contributed by atoms with Gasteiger partial charge in [-0.15, -0.1) is 11.3 Å². The summed E-state index contributed by atoms with van der Waals surface area (Å²) in [6.45, 7) is 3.67. The van der Waals surface area contributed by atoms with Gasteiger partial charge < -0.3 is 5.11 Å². The van der Waals surface area contributed by atoms with Gasteiger partial charge in [0.2, 0.25) is 0 Å². The Morgan fingerprint density at radius 3 is 2.50 bits per heavy atom. The maximum absolute atomic E-state index is 12.1. The number of hydrogen-bond donors (Lipinski definition) is 2. The predicted molar refractivity (Wildman–Crippen MR) is 72.7 cm³/mol. The first kappa shape index (κ1) is 12.9. The number of anilines is 1. The summed E-state index contributed by atoms with van der Waals surface area (Å²) in [7, 11) is -3.62. The lowest BCUT2D eigenvalue weighted by atomic mass is 10.2. The normalized spacial score (nSPS) is 11.4. The Morgan fingerprint density at radius 2 is 1.89 bits per heavy atom. The number of aryl methyl sites for hydroxylation is 2. The molecule has 1 aromatic carbocycles. The summed E-state index contributed by atoms with van der Waals surface area (Å²) in [6.07, 6.45) is 0. The molecule has 96 valence electrons. The monoisotopic (exact) mass is 283 g/mol. The number of phenols is 1. The molecule has 0 bridgehead atoms. The zero-order valence-corrected chi connectivity index (χ0v) is 11.6. The molecule has 0 saturated heterocycles. The minimum absolute atomic E-state index is 0.0857. The third-order valence-electron chi connectivity index (χ3n) is 2.38. The van der Waals surface area contributed by atoms with Gasteiger partial charge in [-0.05, 0) is 43.7 Å². The topological polar surface area (TPSA) is 66.4 Å². The molecular formula is C12H13NO3S2. The van der Waals surface area contributed by atoms with Crippen LogP contribution in [0.15, 0.2) is 34.5 Å². The van der Waals surface area contributed by atoms with Crippen LogP contribution in [0, 0.1) is 13.8 Å². The lowest BCUT2D eigenvalue weighted by molar-refractivity contribution is 0.477. The first-order valence-electron chi connectivity index (χ1n) is 5.27. The zero-order valence-electron chi connectivity index (χ0n) is 9.97. The van der Waals surface area contributed by atoms with Crippen LogP contribution in [-0.2, 0) is 10.0 Å². The molecule has 0 spiro atoms. The third-order valence-corrected chi connectivity index (χ3v) is 5.23. The summed E-state index contributed by atoms with van der Waals surface area (Å²) in [5.74, 6) is -0.0857. The molecule has 1 aromatic heterocycles. The van der Waals surface area contributed by atoms with E-state index in [0.29, 0.717) is 0 Å². The van der Waals surface area contributed by atoms with Crippen LogP contribution in [0.1, 0.15) is 10.4 Å². The third kappa shape index (κ3) is 2.65. The fourth-order valence-corrected chi connectivity index (χ4v) is 3.83. The van der Waals surface area contributed by atoms with Crippen LogP contribution >= 0.6 is 11.3 Å². The van der Waals surface area contributed by atoms with Crippen LogP contribution < -0.4 is 4.72 Å².